The number of rotatable bonds is 4. The SMILES string of the molecule is COS(=O)(=O)Oc1c(C(C)=O)c(=O)[nH]c2c(Cl)cc(F)cc12. The van der Waals surface area contributed by atoms with Gasteiger partial charge in [0.2, 0.25) is 0 Å². The van der Waals surface area contributed by atoms with Crippen molar-refractivity contribution in [2.24, 2.45) is 0 Å². The molecule has 118 valence electrons. The third kappa shape index (κ3) is 2.96. The lowest BCUT2D eigenvalue weighted by atomic mass is 10.1. The number of ketones is 1. The molecule has 2 rings (SSSR count). The summed E-state index contributed by atoms with van der Waals surface area (Å²) in [7, 11) is -3.71. The van der Waals surface area contributed by atoms with Crippen LogP contribution < -0.4 is 9.74 Å². The standard InChI is InChI=1S/C12H9ClFNO6S/c1-5(16)9-11(21-22(18,19)20-2)7-3-6(14)4-8(13)10(7)15-12(9)17/h3-4H,1-2H3,(H,15,17). The molecule has 1 aromatic heterocycles. The highest BCUT2D eigenvalue weighted by atomic mass is 35.5. The minimum Gasteiger partial charge on any atom is -0.360 e. The van der Waals surface area contributed by atoms with Crippen LogP contribution in [0, 0.1) is 5.82 Å². The largest absolute Gasteiger partial charge is 0.448 e. The highest BCUT2D eigenvalue weighted by Gasteiger charge is 2.24. The number of fused-ring (bicyclic) bond motifs is 1. The number of pyridine rings is 1. The van der Waals surface area contributed by atoms with E-state index in [0.29, 0.717) is 0 Å². The molecule has 0 amide bonds. The number of carbonyl (C=O) groups excluding carboxylic acids is 1. The maximum absolute atomic E-state index is 13.5. The summed E-state index contributed by atoms with van der Waals surface area (Å²) < 4.78 is 45.2. The summed E-state index contributed by atoms with van der Waals surface area (Å²) >= 11 is 5.81. The topological polar surface area (TPSA) is 103 Å². The van der Waals surface area contributed by atoms with Crippen molar-refractivity contribution in [1.29, 1.82) is 0 Å². The normalized spacial score (nSPS) is 11.6. The van der Waals surface area contributed by atoms with Gasteiger partial charge in [0.1, 0.15) is 11.4 Å². The quantitative estimate of drug-likeness (QED) is 0.844. The molecular weight excluding hydrogens is 341 g/mol. The molecule has 1 N–H and O–H groups in total. The predicted octanol–water partition coefficient (Wildman–Crippen LogP) is 1.79. The summed E-state index contributed by atoms with van der Waals surface area (Å²) in [5, 5.41) is -0.364. The number of aromatic amines is 1. The Hall–Kier alpha value is -1.97. The maximum atomic E-state index is 13.5. The van der Waals surface area contributed by atoms with E-state index < -0.39 is 38.9 Å². The van der Waals surface area contributed by atoms with Crippen LogP contribution in [0.5, 0.6) is 5.75 Å². The average Bonchev–Trinajstić information content (AvgIpc) is 2.39. The Morgan fingerprint density at radius 1 is 1.36 bits per heavy atom. The van der Waals surface area contributed by atoms with Gasteiger partial charge in [-0.2, -0.15) is 8.42 Å². The lowest BCUT2D eigenvalue weighted by Crippen LogP contribution is -2.21. The number of carbonyl (C=O) groups is 1. The van der Waals surface area contributed by atoms with Crippen molar-refractivity contribution >= 4 is 38.7 Å². The fourth-order valence-electron chi connectivity index (χ4n) is 1.84. The van der Waals surface area contributed by atoms with Crippen LogP contribution in [0.2, 0.25) is 5.02 Å². The number of nitrogens with one attached hydrogen (secondary N) is 1. The second-order valence-corrected chi connectivity index (χ2v) is 5.91. The van der Waals surface area contributed by atoms with Gasteiger partial charge in [-0.3, -0.25) is 9.59 Å². The minimum atomic E-state index is -4.53. The first-order chi connectivity index (χ1) is 10.2. The molecule has 7 nitrogen and oxygen atoms in total. The van der Waals surface area contributed by atoms with Crippen LogP contribution in [0.15, 0.2) is 16.9 Å². The van der Waals surface area contributed by atoms with Gasteiger partial charge in [-0.25, -0.2) is 8.57 Å². The first kappa shape index (κ1) is 16.4. The Morgan fingerprint density at radius 3 is 2.55 bits per heavy atom. The molecule has 0 aliphatic rings. The Balaban J connectivity index is 2.98. The van der Waals surface area contributed by atoms with Crippen molar-refractivity contribution in [3.05, 3.63) is 38.9 Å². The summed E-state index contributed by atoms with van der Waals surface area (Å²) in [6, 6.07) is 1.80. The Bertz CT molecular complexity index is 937. The highest BCUT2D eigenvalue weighted by molar-refractivity contribution is 7.82. The summed E-state index contributed by atoms with van der Waals surface area (Å²) in [5.41, 5.74) is -1.58. The van der Waals surface area contributed by atoms with E-state index in [1.165, 1.54) is 0 Å². The molecule has 1 heterocycles. The lowest BCUT2D eigenvalue weighted by molar-refractivity contribution is 0.101. The molecule has 0 saturated carbocycles. The summed E-state index contributed by atoms with van der Waals surface area (Å²) in [4.78, 5) is 25.9. The third-order valence-electron chi connectivity index (χ3n) is 2.73. The van der Waals surface area contributed by atoms with Gasteiger partial charge in [-0.05, 0) is 19.1 Å². The van der Waals surface area contributed by atoms with E-state index in [0.717, 1.165) is 26.2 Å². The fraction of sp³-hybridized carbons (Fsp3) is 0.167. The van der Waals surface area contributed by atoms with Crippen LogP contribution in [-0.4, -0.2) is 26.3 Å². The van der Waals surface area contributed by atoms with Crippen LogP contribution in [0.3, 0.4) is 0 Å². The number of hydrogen-bond acceptors (Lipinski definition) is 6. The molecule has 0 aliphatic heterocycles. The van der Waals surface area contributed by atoms with Gasteiger partial charge in [0.25, 0.3) is 5.56 Å². The van der Waals surface area contributed by atoms with Crippen molar-refractivity contribution in [2.45, 2.75) is 6.92 Å². The molecule has 0 atom stereocenters. The Morgan fingerprint density at radius 2 is 2.00 bits per heavy atom. The molecule has 0 bridgehead atoms. The van der Waals surface area contributed by atoms with Gasteiger partial charge in [-0.1, -0.05) is 11.6 Å². The third-order valence-corrected chi connectivity index (χ3v) is 3.81. The monoisotopic (exact) mass is 349 g/mol. The van der Waals surface area contributed by atoms with E-state index in [-0.39, 0.29) is 15.9 Å². The van der Waals surface area contributed by atoms with Crippen LogP contribution >= 0.6 is 11.6 Å². The van der Waals surface area contributed by atoms with Gasteiger partial charge < -0.3 is 9.17 Å². The van der Waals surface area contributed by atoms with Crippen LogP contribution in [0.4, 0.5) is 4.39 Å². The zero-order chi connectivity index (χ0) is 16.7. The molecule has 0 radical (unpaired) electrons. The van der Waals surface area contributed by atoms with E-state index in [2.05, 4.69) is 13.4 Å². The number of hydrogen-bond donors (Lipinski definition) is 1. The Labute approximate surface area is 128 Å². The molecule has 0 unspecified atom stereocenters. The van der Waals surface area contributed by atoms with E-state index in [4.69, 9.17) is 11.6 Å². The predicted molar refractivity (Wildman–Crippen MR) is 76.1 cm³/mol. The van der Waals surface area contributed by atoms with Crippen molar-refractivity contribution in [3.8, 4) is 5.75 Å². The molecule has 22 heavy (non-hydrogen) atoms. The number of H-pyrrole nitrogens is 1. The van der Waals surface area contributed by atoms with E-state index in [9.17, 15) is 22.4 Å². The van der Waals surface area contributed by atoms with Gasteiger partial charge in [0.05, 0.1) is 17.6 Å². The lowest BCUT2D eigenvalue weighted by Gasteiger charge is -2.11. The second-order valence-electron chi connectivity index (χ2n) is 4.18. The van der Waals surface area contributed by atoms with Crippen molar-refractivity contribution in [3.63, 3.8) is 0 Å². The number of aromatic nitrogens is 1. The molecule has 0 saturated heterocycles. The van der Waals surface area contributed by atoms with Gasteiger partial charge in [0.15, 0.2) is 11.5 Å². The van der Waals surface area contributed by atoms with Crippen molar-refractivity contribution < 1.29 is 26.0 Å². The summed E-state index contributed by atoms with van der Waals surface area (Å²) in [6.45, 7) is 1.03. The van der Waals surface area contributed by atoms with E-state index in [1.807, 2.05) is 0 Å². The molecular formula is C12H9ClFNO6S. The molecule has 1 aromatic carbocycles. The summed E-state index contributed by atoms with van der Waals surface area (Å²) in [6.07, 6.45) is 0. The fourth-order valence-corrected chi connectivity index (χ4v) is 2.53. The zero-order valence-corrected chi connectivity index (χ0v) is 12.8. The zero-order valence-electron chi connectivity index (χ0n) is 11.3. The summed E-state index contributed by atoms with van der Waals surface area (Å²) in [5.74, 6) is -2.22. The van der Waals surface area contributed by atoms with Crippen LogP contribution in [-0.2, 0) is 14.6 Å². The smallest absolute Gasteiger partial charge is 0.360 e. The first-order valence-corrected chi connectivity index (χ1v) is 7.43. The van der Waals surface area contributed by atoms with Crippen molar-refractivity contribution in [2.75, 3.05) is 7.11 Å². The minimum absolute atomic E-state index is 0.0700. The average molecular weight is 350 g/mol. The van der Waals surface area contributed by atoms with Gasteiger partial charge in [-0.15, -0.1) is 0 Å². The molecule has 0 spiro atoms. The van der Waals surface area contributed by atoms with E-state index >= 15 is 0 Å². The number of benzene rings is 1. The van der Waals surface area contributed by atoms with Gasteiger partial charge >= 0.3 is 10.4 Å². The second kappa shape index (κ2) is 5.67. The molecule has 2 aromatic rings. The van der Waals surface area contributed by atoms with Crippen LogP contribution in [0.1, 0.15) is 17.3 Å². The molecule has 0 fully saturated rings. The number of Topliss-reactive ketones (excluding diaryl/α,β-unsaturated/α-hetero) is 1. The maximum Gasteiger partial charge on any atom is 0.448 e. The molecule has 10 heteroatoms. The van der Waals surface area contributed by atoms with Crippen LogP contribution in [0.25, 0.3) is 10.9 Å². The highest BCUT2D eigenvalue weighted by Crippen LogP contribution is 2.32. The van der Waals surface area contributed by atoms with Crippen molar-refractivity contribution in [1.82, 2.24) is 4.98 Å². The van der Waals surface area contributed by atoms with Gasteiger partial charge in [0, 0.05) is 5.39 Å². The van der Waals surface area contributed by atoms with E-state index in [1.54, 1.807) is 0 Å². The first-order valence-electron chi connectivity index (χ1n) is 5.72. The number of halogens is 2. The molecule has 0 aliphatic carbocycles. The Kier molecular flexibility index (Phi) is 4.23.